The number of Topliss-reactive ketones (excluding diaryl/α,β-unsaturated/α-hetero) is 1. The third-order valence-corrected chi connectivity index (χ3v) is 3.37. The first-order valence-electron chi connectivity index (χ1n) is 6.26. The van der Waals surface area contributed by atoms with Crippen LogP contribution in [0.15, 0.2) is 36.4 Å². The summed E-state index contributed by atoms with van der Waals surface area (Å²) in [6.45, 7) is 3.48. The summed E-state index contributed by atoms with van der Waals surface area (Å²) in [5, 5.41) is 28.7. The first-order chi connectivity index (χ1) is 9.40. The zero-order chi connectivity index (χ0) is 14.9. The second-order valence-corrected chi connectivity index (χ2v) is 4.83. The molecule has 104 valence electrons. The number of carbonyl (C=O) groups is 1. The molecule has 3 N–H and O–H groups in total. The van der Waals surface area contributed by atoms with E-state index in [-0.39, 0.29) is 28.6 Å². The first-order valence-corrected chi connectivity index (χ1v) is 6.26. The number of hydrogen-bond donors (Lipinski definition) is 3. The zero-order valence-corrected chi connectivity index (χ0v) is 11.3. The minimum atomic E-state index is -0.503. The van der Waals surface area contributed by atoms with Crippen molar-refractivity contribution in [1.82, 2.24) is 0 Å². The molecule has 4 heteroatoms. The van der Waals surface area contributed by atoms with E-state index in [1.54, 1.807) is 32.0 Å². The topological polar surface area (TPSA) is 77.8 Å². The van der Waals surface area contributed by atoms with Gasteiger partial charge in [0.15, 0.2) is 5.78 Å². The molecule has 1 atom stereocenters. The minimum absolute atomic E-state index is 0.0975. The van der Waals surface area contributed by atoms with E-state index in [9.17, 15) is 20.1 Å². The highest BCUT2D eigenvalue weighted by molar-refractivity contribution is 6.03. The van der Waals surface area contributed by atoms with Crippen LogP contribution < -0.4 is 0 Å². The van der Waals surface area contributed by atoms with Gasteiger partial charge in [0.05, 0.1) is 5.56 Å². The van der Waals surface area contributed by atoms with Gasteiger partial charge < -0.3 is 15.3 Å². The Morgan fingerprint density at radius 3 is 2.30 bits per heavy atom. The van der Waals surface area contributed by atoms with E-state index in [0.717, 1.165) is 11.6 Å². The molecule has 0 fully saturated rings. The largest absolute Gasteiger partial charge is 0.508 e. The van der Waals surface area contributed by atoms with Gasteiger partial charge in [0.25, 0.3) is 0 Å². The lowest BCUT2D eigenvalue weighted by molar-refractivity contribution is 0.0963. The predicted molar refractivity (Wildman–Crippen MR) is 75.4 cm³/mol. The Hall–Kier alpha value is -2.49. The molecule has 0 heterocycles. The summed E-state index contributed by atoms with van der Waals surface area (Å²) in [4.78, 5) is 12.4. The van der Waals surface area contributed by atoms with Crippen molar-refractivity contribution in [2.45, 2.75) is 19.8 Å². The lowest BCUT2D eigenvalue weighted by atomic mass is 9.91. The Kier molecular flexibility index (Phi) is 3.66. The summed E-state index contributed by atoms with van der Waals surface area (Å²) in [5.41, 5.74) is 1.56. The summed E-state index contributed by atoms with van der Waals surface area (Å²) in [6, 6.07) is 8.94. The second kappa shape index (κ2) is 5.25. The molecule has 2 aromatic carbocycles. The molecule has 0 saturated heterocycles. The van der Waals surface area contributed by atoms with Crippen molar-refractivity contribution in [3.63, 3.8) is 0 Å². The van der Waals surface area contributed by atoms with Crippen LogP contribution in [0.2, 0.25) is 0 Å². The van der Waals surface area contributed by atoms with Crippen molar-refractivity contribution in [2.24, 2.45) is 0 Å². The SMILES string of the molecule is Cc1ccc(C(C)C(=O)c2ccc(O)cc2O)cc1O. The van der Waals surface area contributed by atoms with Crippen molar-refractivity contribution < 1.29 is 20.1 Å². The van der Waals surface area contributed by atoms with E-state index in [1.165, 1.54) is 12.1 Å². The van der Waals surface area contributed by atoms with Crippen LogP contribution in [-0.4, -0.2) is 21.1 Å². The van der Waals surface area contributed by atoms with Crippen molar-refractivity contribution in [1.29, 1.82) is 0 Å². The van der Waals surface area contributed by atoms with Crippen LogP contribution in [0.25, 0.3) is 0 Å². The zero-order valence-electron chi connectivity index (χ0n) is 11.3. The van der Waals surface area contributed by atoms with Gasteiger partial charge in [-0.1, -0.05) is 19.1 Å². The van der Waals surface area contributed by atoms with E-state index < -0.39 is 5.92 Å². The maximum atomic E-state index is 12.4. The monoisotopic (exact) mass is 272 g/mol. The molecule has 0 saturated carbocycles. The molecule has 20 heavy (non-hydrogen) atoms. The van der Waals surface area contributed by atoms with Gasteiger partial charge in [0.1, 0.15) is 17.2 Å². The molecule has 4 nitrogen and oxygen atoms in total. The Labute approximate surface area is 116 Å². The molecule has 0 aromatic heterocycles. The Bertz CT molecular complexity index is 662. The standard InChI is InChI=1S/C16H16O4/c1-9-3-4-11(7-14(9)18)10(2)16(20)13-6-5-12(17)8-15(13)19/h3-8,10,17-19H,1-2H3. The van der Waals surface area contributed by atoms with Gasteiger partial charge in [-0.15, -0.1) is 0 Å². The quantitative estimate of drug-likeness (QED) is 0.750. The minimum Gasteiger partial charge on any atom is -0.508 e. The van der Waals surface area contributed by atoms with E-state index in [2.05, 4.69) is 0 Å². The van der Waals surface area contributed by atoms with Gasteiger partial charge in [0.2, 0.25) is 0 Å². The maximum absolute atomic E-state index is 12.4. The number of hydrogen-bond acceptors (Lipinski definition) is 4. The molecule has 2 aromatic rings. The fourth-order valence-electron chi connectivity index (χ4n) is 2.01. The maximum Gasteiger partial charge on any atom is 0.173 e. The van der Waals surface area contributed by atoms with Gasteiger partial charge in [0, 0.05) is 12.0 Å². The van der Waals surface area contributed by atoms with E-state index in [0.29, 0.717) is 5.56 Å². The van der Waals surface area contributed by atoms with E-state index in [4.69, 9.17) is 0 Å². The molecule has 0 aliphatic rings. The fraction of sp³-hybridized carbons (Fsp3) is 0.188. The number of carbonyl (C=O) groups excluding carboxylic acids is 1. The number of ketones is 1. The van der Waals surface area contributed by atoms with Crippen molar-refractivity contribution in [3.8, 4) is 17.2 Å². The first kappa shape index (κ1) is 13.9. The van der Waals surface area contributed by atoms with Crippen LogP contribution in [0.4, 0.5) is 0 Å². The Balaban J connectivity index is 2.34. The number of phenolic OH excluding ortho intramolecular Hbond substituents is 3. The molecule has 0 amide bonds. The molecule has 0 radical (unpaired) electrons. The highest BCUT2D eigenvalue weighted by Gasteiger charge is 2.20. The van der Waals surface area contributed by atoms with Crippen LogP contribution in [0.1, 0.15) is 34.3 Å². The number of phenols is 3. The fourth-order valence-corrected chi connectivity index (χ4v) is 2.01. The molecule has 0 aliphatic heterocycles. The number of benzene rings is 2. The Morgan fingerprint density at radius 2 is 1.70 bits per heavy atom. The predicted octanol–water partition coefficient (Wildman–Crippen LogP) is 3.10. The third kappa shape index (κ3) is 2.59. The van der Waals surface area contributed by atoms with Crippen LogP contribution in [0.3, 0.4) is 0 Å². The van der Waals surface area contributed by atoms with Gasteiger partial charge in [-0.25, -0.2) is 0 Å². The lowest BCUT2D eigenvalue weighted by Crippen LogP contribution is -2.10. The second-order valence-electron chi connectivity index (χ2n) is 4.83. The van der Waals surface area contributed by atoms with E-state index >= 15 is 0 Å². The number of rotatable bonds is 3. The van der Waals surface area contributed by atoms with Crippen LogP contribution in [-0.2, 0) is 0 Å². The highest BCUT2D eigenvalue weighted by atomic mass is 16.3. The molecule has 2 rings (SSSR count). The summed E-state index contributed by atoms with van der Waals surface area (Å²) in [7, 11) is 0. The number of aromatic hydroxyl groups is 3. The molecular formula is C16H16O4. The lowest BCUT2D eigenvalue weighted by Gasteiger charge is -2.13. The van der Waals surface area contributed by atoms with Gasteiger partial charge >= 0.3 is 0 Å². The normalized spacial score (nSPS) is 12.1. The third-order valence-electron chi connectivity index (χ3n) is 3.37. The molecule has 1 unspecified atom stereocenters. The van der Waals surface area contributed by atoms with Gasteiger partial charge in [-0.05, 0) is 36.2 Å². The summed E-state index contributed by atoms with van der Waals surface area (Å²) in [5.74, 6) is -0.988. The van der Waals surface area contributed by atoms with Crippen molar-refractivity contribution in [3.05, 3.63) is 53.1 Å². The summed E-state index contributed by atoms with van der Waals surface area (Å²) in [6.07, 6.45) is 0. The average Bonchev–Trinajstić information content (AvgIpc) is 2.40. The average molecular weight is 272 g/mol. The van der Waals surface area contributed by atoms with Crippen molar-refractivity contribution >= 4 is 5.78 Å². The highest BCUT2D eigenvalue weighted by Crippen LogP contribution is 2.30. The molecule has 0 aliphatic carbocycles. The summed E-state index contributed by atoms with van der Waals surface area (Å²) < 4.78 is 0. The smallest absolute Gasteiger partial charge is 0.173 e. The Morgan fingerprint density at radius 1 is 1.00 bits per heavy atom. The van der Waals surface area contributed by atoms with Gasteiger partial charge in [-0.3, -0.25) is 4.79 Å². The van der Waals surface area contributed by atoms with Gasteiger partial charge in [-0.2, -0.15) is 0 Å². The van der Waals surface area contributed by atoms with Crippen LogP contribution in [0, 0.1) is 6.92 Å². The van der Waals surface area contributed by atoms with Crippen molar-refractivity contribution in [2.75, 3.05) is 0 Å². The summed E-state index contributed by atoms with van der Waals surface area (Å²) >= 11 is 0. The molecular weight excluding hydrogens is 256 g/mol. The molecule has 0 bridgehead atoms. The number of aryl methyl sites for hydroxylation is 1. The van der Waals surface area contributed by atoms with Crippen LogP contribution in [0.5, 0.6) is 17.2 Å². The molecule has 0 spiro atoms. The van der Waals surface area contributed by atoms with E-state index in [1.807, 2.05) is 0 Å². The van der Waals surface area contributed by atoms with Crippen LogP contribution >= 0.6 is 0 Å².